The van der Waals surface area contributed by atoms with E-state index in [9.17, 15) is 17.6 Å². The van der Waals surface area contributed by atoms with Crippen molar-refractivity contribution in [2.75, 3.05) is 25.6 Å². The van der Waals surface area contributed by atoms with Crippen LogP contribution in [0.3, 0.4) is 0 Å². The van der Waals surface area contributed by atoms with Gasteiger partial charge >= 0.3 is 6.18 Å². The zero-order chi connectivity index (χ0) is 17.3. The fourth-order valence-corrected chi connectivity index (χ4v) is 2.44. The number of guanidine groups is 1. The molecule has 0 aliphatic heterocycles. The Bertz CT molecular complexity index is 524. The van der Waals surface area contributed by atoms with Crippen molar-refractivity contribution >= 4 is 41.7 Å². The number of thioether (sulfide) groups is 1. The van der Waals surface area contributed by atoms with E-state index in [-0.39, 0.29) is 36.1 Å². The van der Waals surface area contributed by atoms with Crippen LogP contribution in [0.2, 0.25) is 0 Å². The Morgan fingerprint density at radius 2 is 1.92 bits per heavy atom. The summed E-state index contributed by atoms with van der Waals surface area (Å²) in [6, 6.07) is 2.66. The lowest BCUT2D eigenvalue weighted by Crippen LogP contribution is -2.37. The van der Waals surface area contributed by atoms with E-state index in [2.05, 4.69) is 15.6 Å². The van der Waals surface area contributed by atoms with Crippen LogP contribution in [0.15, 0.2) is 23.2 Å². The molecule has 1 aromatic rings. The quantitative estimate of drug-likeness (QED) is 0.202. The van der Waals surface area contributed by atoms with Gasteiger partial charge in [-0.1, -0.05) is 6.07 Å². The molecule has 0 spiro atoms. The van der Waals surface area contributed by atoms with Gasteiger partial charge in [-0.05, 0) is 42.5 Å². The second-order valence-corrected chi connectivity index (χ2v) is 5.84. The molecule has 0 aliphatic carbocycles. The smallest absolute Gasteiger partial charge is 0.356 e. The summed E-state index contributed by atoms with van der Waals surface area (Å²) in [4.78, 5) is 3.96. The number of halogens is 5. The average Bonchev–Trinajstić information content (AvgIpc) is 2.50. The summed E-state index contributed by atoms with van der Waals surface area (Å²) in [5.41, 5.74) is -0.996. The molecule has 0 radical (unpaired) electrons. The minimum absolute atomic E-state index is 0. The lowest BCUT2D eigenvalue weighted by molar-refractivity contribution is -0.138. The van der Waals surface area contributed by atoms with Gasteiger partial charge in [0, 0.05) is 20.1 Å². The summed E-state index contributed by atoms with van der Waals surface area (Å²) < 4.78 is 51.8. The van der Waals surface area contributed by atoms with Crippen molar-refractivity contribution in [2.45, 2.75) is 25.6 Å². The lowest BCUT2D eigenvalue weighted by Gasteiger charge is -2.16. The molecule has 0 atom stereocenters. The van der Waals surface area contributed by atoms with Gasteiger partial charge in [-0.15, -0.1) is 24.0 Å². The highest BCUT2D eigenvalue weighted by Crippen LogP contribution is 2.32. The van der Waals surface area contributed by atoms with E-state index < -0.39 is 17.6 Å². The van der Waals surface area contributed by atoms with Gasteiger partial charge < -0.3 is 10.6 Å². The van der Waals surface area contributed by atoms with E-state index >= 15 is 0 Å². The highest BCUT2D eigenvalue weighted by molar-refractivity contribution is 14.0. The summed E-state index contributed by atoms with van der Waals surface area (Å²) >= 11 is 1.77. The topological polar surface area (TPSA) is 36.4 Å². The van der Waals surface area contributed by atoms with Gasteiger partial charge in [-0.3, -0.25) is 4.99 Å². The first kappa shape index (κ1) is 23.3. The third kappa shape index (κ3) is 8.41. The fourth-order valence-electron chi connectivity index (χ4n) is 1.94. The van der Waals surface area contributed by atoms with Crippen molar-refractivity contribution in [3.63, 3.8) is 0 Å². The normalized spacial score (nSPS) is 11.8. The molecule has 0 heterocycles. The molecule has 0 aromatic heterocycles. The summed E-state index contributed by atoms with van der Waals surface area (Å²) in [7, 11) is 1.55. The molecule has 0 saturated carbocycles. The number of nitrogens with one attached hydrogen (secondary N) is 2. The Hall–Kier alpha value is -0.710. The van der Waals surface area contributed by atoms with Gasteiger partial charge in [0.05, 0.1) is 5.56 Å². The van der Waals surface area contributed by atoms with Crippen LogP contribution in [0.5, 0.6) is 0 Å². The van der Waals surface area contributed by atoms with Crippen LogP contribution in [0.4, 0.5) is 17.6 Å². The van der Waals surface area contributed by atoms with E-state index in [1.807, 2.05) is 6.26 Å². The zero-order valence-corrected chi connectivity index (χ0v) is 16.7. The van der Waals surface area contributed by atoms with Crippen molar-refractivity contribution < 1.29 is 17.6 Å². The van der Waals surface area contributed by atoms with Crippen molar-refractivity contribution in [3.8, 4) is 0 Å². The van der Waals surface area contributed by atoms with E-state index in [0.717, 1.165) is 30.7 Å². The molecule has 0 aliphatic rings. The maximum absolute atomic E-state index is 13.1. The van der Waals surface area contributed by atoms with Crippen molar-refractivity contribution in [2.24, 2.45) is 4.99 Å². The maximum Gasteiger partial charge on any atom is 0.416 e. The summed E-state index contributed by atoms with van der Waals surface area (Å²) in [5, 5.41) is 5.86. The standard InChI is InChI=1S/C15H21F4N3S.HI/c1-20-14(21-7-3-4-8-23-2)22-10-11-5-6-12(16)9-13(11)15(17,18)19;/h5-6,9H,3-4,7-8,10H2,1-2H3,(H2,20,21,22);1H. The molecule has 3 nitrogen and oxygen atoms in total. The highest BCUT2D eigenvalue weighted by atomic mass is 127. The Kier molecular flexibility index (Phi) is 11.4. The second kappa shape index (κ2) is 11.8. The van der Waals surface area contributed by atoms with Crippen LogP contribution in [0.1, 0.15) is 24.0 Å². The molecular formula is C15H22F4IN3S. The maximum atomic E-state index is 13.1. The largest absolute Gasteiger partial charge is 0.416 e. The third-order valence-electron chi connectivity index (χ3n) is 3.11. The summed E-state index contributed by atoms with van der Waals surface area (Å²) in [5.74, 6) is 0.585. The number of unbranched alkanes of at least 4 members (excludes halogenated alkanes) is 1. The molecule has 138 valence electrons. The van der Waals surface area contributed by atoms with Crippen LogP contribution in [-0.2, 0) is 12.7 Å². The summed E-state index contributed by atoms with van der Waals surface area (Å²) in [6.45, 7) is 0.607. The number of aliphatic imine (C=N–C) groups is 1. The molecule has 0 saturated heterocycles. The van der Waals surface area contributed by atoms with E-state index in [0.29, 0.717) is 18.6 Å². The molecule has 1 rings (SSSR count). The monoisotopic (exact) mass is 479 g/mol. The van der Waals surface area contributed by atoms with Crippen LogP contribution >= 0.6 is 35.7 Å². The van der Waals surface area contributed by atoms with Crippen molar-refractivity contribution in [1.82, 2.24) is 10.6 Å². The molecule has 0 amide bonds. The van der Waals surface area contributed by atoms with Gasteiger partial charge in [0.15, 0.2) is 5.96 Å². The Morgan fingerprint density at radius 3 is 2.50 bits per heavy atom. The van der Waals surface area contributed by atoms with Gasteiger partial charge in [0.1, 0.15) is 5.82 Å². The third-order valence-corrected chi connectivity index (χ3v) is 3.81. The van der Waals surface area contributed by atoms with E-state index in [1.165, 1.54) is 0 Å². The Labute approximate surface area is 161 Å². The number of benzene rings is 1. The predicted octanol–water partition coefficient (Wildman–Crippen LogP) is 4.27. The number of nitrogens with zero attached hydrogens (tertiary/aromatic N) is 1. The van der Waals surface area contributed by atoms with Gasteiger partial charge in [0.25, 0.3) is 0 Å². The van der Waals surface area contributed by atoms with Crippen LogP contribution in [0.25, 0.3) is 0 Å². The number of rotatable bonds is 7. The first-order valence-corrected chi connectivity index (χ1v) is 8.57. The van der Waals surface area contributed by atoms with Crippen LogP contribution in [0, 0.1) is 5.82 Å². The van der Waals surface area contributed by atoms with Crippen LogP contribution in [-0.4, -0.2) is 31.6 Å². The first-order chi connectivity index (χ1) is 10.9. The van der Waals surface area contributed by atoms with Gasteiger partial charge in [-0.2, -0.15) is 24.9 Å². The first-order valence-electron chi connectivity index (χ1n) is 7.17. The Balaban J connectivity index is 0.00000529. The SMILES string of the molecule is CN=C(NCCCCSC)NCc1ccc(F)cc1C(F)(F)F.I. The second-order valence-electron chi connectivity index (χ2n) is 4.85. The lowest BCUT2D eigenvalue weighted by atomic mass is 10.1. The predicted molar refractivity (Wildman–Crippen MR) is 103 cm³/mol. The summed E-state index contributed by atoms with van der Waals surface area (Å²) in [6.07, 6.45) is -0.546. The molecule has 0 bridgehead atoms. The average molecular weight is 479 g/mol. The fraction of sp³-hybridized carbons (Fsp3) is 0.533. The highest BCUT2D eigenvalue weighted by Gasteiger charge is 2.33. The minimum Gasteiger partial charge on any atom is -0.356 e. The molecule has 9 heteroatoms. The minimum atomic E-state index is -4.59. The van der Waals surface area contributed by atoms with Crippen molar-refractivity contribution in [1.29, 1.82) is 0 Å². The van der Waals surface area contributed by atoms with E-state index in [1.54, 1.807) is 18.8 Å². The number of hydrogen-bond donors (Lipinski definition) is 2. The zero-order valence-electron chi connectivity index (χ0n) is 13.5. The molecule has 0 unspecified atom stereocenters. The Morgan fingerprint density at radius 1 is 1.21 bits per heavy atom. The molecule has 2 N–H and O–H groups in total. The van der Waals surface area contributed by atoms with E-state index in [4.69, 9.17) is 0 Å². The molecule has 0 fully saturated rings. The van der Waals surface area contributed by atoms with Gasteiger partial charge in [-0.25, -0.2) is 4.39 Å². The molecular weight excluding hydrogens is 457 g/mol. The number of hydrogen-bond acceptors (Lipinski definition) is 2. The van der Waals surface area contributed by atoms with Gasteiger partial charge in [0.2, 0.25) is 0 Å². The van der Waals surface area contributed by atoms with Crippen molar-refractivity contribution in [3.05, 3.63) is 35.1 Å². The molecule has 1 aromatic carbocycles. The van der Waals surface area contributed by atoms with Crippen LogP contribution < -0.4 is 10.6 Å². The number of alkyl halides is 3. The molecule has 24 heavy (non-hydrogen) atoms.